The van der Waals surface area contributed by atoms with E-state index in [1.54, 1.807) is 6.33 Å². The summed E-state index contributed by atoms with van der Waals surface area (Å²) in [4.78, 5) is 6.44. The topological polar surface area (TPSA) is 72.3 Å². The quantitative estimate of drug-likeness (QED) is 0.484. The van der Waals surface area contributed by atoms with Gasteiger partial charge in [0.1, 0.15) is 12.9 Å². The number of benzene rings is 1. The Bertz CT molecular complexity index is 605. The summed E-state index contributed by atoms with van der Waals surface area (Å²) in [6.45, 7) is 0.428. The summed E-state index contributed by atoms with van der Waals surface area (Å²) in [5.74, 6) is 1.35. The lowest BCUT2D eigenvalue weighted by molar-refractivity contribution is 0.487. The third-order valence-electron chi connectivity index (χ3n) is 3.49. The largest absolute Gasteiger partial charge is 0.370 e. The summed E-state index contributed by atoms with van der Waals surface area (Å²) in [5.41, 5.74) is 7.01. The molecule has 3 rings (SSSR count). The van der Waals surface area contributed by atoms with E-state index in [1.165, 1.54) is 12.8 Å². The van der Waals surface area contributed by atoms with Gasteiger partial charge in [0.25, 0.3) is 0 Å². The fourth-order valence-corrected chi connectivity index (χ4v) is 2.08. The number of rotatable bonds is 4. The van der Waals surface area contributed by atoms with E-state index in [1.807, 2.05) is 46.8 Å². The second kappa shape index (κ2) is 6.88. The molecule has 1 aromatic heterocycles. The molecule has 0 radical (unpaired) electrons. The third kappa shape index (κ3) is 3.72. The summed E-state index contributed by atoms with van der Waals surface area (Å²) >= 11 is 0. The fraction of sp³-hybridized carbons (Fsp3) is 0.357. The van der Waals surface area contributed by atoms with Gasteiger partial charge in [0, 0.05) is 18.8 Å². The number of aliphatic imine (C=N–C) groups is 1. The first-order valence-corrected chi connectivity index (χ1v) is 6.73. The highest BCUT2D eigenvalue weighted by atomic mass is 127. The van der Waals surface area contributed by atoms with Gasteiger partial charge in [-0.25, -0.2) is 4.99 Å². The van der Waals surface area contributed by atoms with Gasteiger partial charge in [0.2, 0.25) is 0 Å². The fourth-order valence-electron chi connectivity index (χ4n) is 2.08. The van der Waals surface area contributed by atoms with Gasteiger partial charge in [0.15, 0.2) is 11.8 Å². The monoisotopic (exact) mass is 398 g/mol. The molecule has 0 atom stereocenters. The van der Waals surface area contributed by atoms with Crippen molar-refractivity contribution >= 4 is 29.9 Å². The molecular formula is C14H19IN6. The van der Waals surface area contributed by atoms with Crippen LogP contribution in [0.5, 0.6) is 0 Å². The molecular weight excluding hydrogens is 379 g/mol. The van der Waals surface area contributed by atoms with Crippen molar-refractivity contribution in [1.29, 1.82) is 0 Å². The van der Waals surface area contributed by atoms with E-state index in [9.17, 15) is 0 Å². The maximum Gasteiger partial charge on any atom is 0.191 e. The highest BCUT2D eigenvalue weighted by Crippen LogP contribution is 2.24. The first kappa shape index (κ1) is 15.7. The maximum atomic E-state index is 5.98. The summed E-state index contributed by atoms with van der Waals surface area (Å²) in [6, 6.07) is 10.5. The molecule has 1 aliphatic rings. The van der Waals surface area contributed by atoms with E-state index >= 15 is 0 Å². The highest BCUT2D eigenvalue weighted by Gasteiger charge is 2.27. The minimum absolute atomic E-state index is 0. The van der Waals surface area contributed by atoms with E-state index in [4.69, 9.17) is 5.73 Å². The number of nitrogens with two attached hydrogens (primary N) is 1. The van der Waals surface area contributed by atoms with E-state index in [2.05, 4.69) is 15.2 Å². The van der Waals surface area contributed by atoms with Gasteiger partial charge in [-0.3, -0.25) is 4.57 Å². The molecule has 0 bridgehead atoms. The van der Waals surface area contributed by atoms with Crippen LogP contribution in [-0.4, -0.2) is 38.7 Å². The van der Waals surface area contributed by atoms with Gasteiger partial charge in [-0.05, 0) is 25.0 Å². The predicted molar refractivity (Wildman–Crippen MR) is 92.9 cm³/mol. The Morgan fingerprint density at radius 3 is 2.76 bits per heavy atom. The van der Waals surface area contributed by atoms with Gasteiger partial charge in [0.05, 0.1) is 0 Å². The number of guanidine groups is 1. The minimum Gasteiger partial charge on any atom is -0.370 e. The molecule has 112 valence electrons. The Morgan fingerprint density at radius 2 is 2.10 bits per heavy atom. The van der Waals surface area contributed by atoms with Crippen LogP contribution in [-0.2, 0) is 6.54 Å². The lowest BCUT2D eigenvalue weighted by Gasteiger charge is -2.16. The summed E-state index contributed by atoms with van der Waals surface area (Å²) in [5, 5.41) is 8.07. The molecule has 0 amide bonds. The van der Waals surface area contributed by atoms with Gasteiger partial charge >= 0.3 is 0 Å². The highest BCUT2D eigenvalue weighted by molar-refractivity contribution is 14.0. The van der Waals surface area contributed by atoms with Crippen molar-refractivity contribution in [3.8, 4) is 5.69 Å². The zero-order chi connectivity index (χ0) is 13.9. The zero-order valence-electron chi connectivity index (χ0n) is 11.9. The molecule has 1 heterocycles. The molecule has 2 aromatic rings. The van der Waals surface area contributed by atoms with Crippen LogP contribution in [0.3, 0.4) is 0 Å². The summed E-state index contributed by atoms with van der Waals surface area (Å²) < 4.78 is 1.92. The molecule has 21 heavy (non-hydrogen) atoms. The third-order valence-corrected chi connectivity index (χ3v) is 3.49. The van der Waals surface area contributed by atoms with Crippen LogP contribution in [0.4, 0.5) is 0 Å². The average Bonchev–Trinajstić information content (AvgIpc) is 3.23. The van der Waals surface area contributed by atoms with E-state index in [0.717, 1.165) is 11.5 Å². The van der Waals surface area contributed by atoms with Crippen LogP contribution >= 0.6 is 24.0 Å². The maximum absolute atomic E-state index is 5.98. The number of hydrogen-bond donors (Lipinski definition) is 1. The minimum atomic E-state index is 0. The van der Waals surface area contributed by atoms with E-state index in [-0.39, 0.29) is 24.0 Å². The number of hydrogen-bond acceptors (Lipinski definition) is 3. The Labute approximate surface area is 141 Å². The molecule has 1 fully saturated rings. The Balaban J connectivity index is 0.00000161. The number of halogens is 1. The van der Waals surface area contributed by atoms with Crippen molar-refractivity contribution in [3.05, 3.63) is 42.5 Å². The van der Waals surface area contributed by atoms with Crippen LogP contribution in [0, 0.1) is 0 Å². The number of nitrogens with zero attached hydrogens (tertiary/aromatic N) is 5. The second-order valence-corrected chi connectivity index (χ2v) is 4.97. The smallest absolute Gasteiger partial charge is 0.191 e. The van der Waals surface area contributed by atoms with E-state index < -0.39 is 0 Å². The SMILES string of the molecule is CN(C(N)=NCc1nncn1-c1ccccc1)C1CC1.I. The van der Waals surface area contributed by atoms with Crippen LogP contribution in [0.2, 0.25) is 0 Å². The molecule has 0 spiro atoms. The Hall–Kier alpha value is -1.64. The molecule has 7 heteroatoms. The molecule has 2 N–H and O–H groups in total. The van der Waals surface area contributed by atoms with Crippen LogP contribution in [0.1, 0.15) is 18.7 Å². The molecule has 1 saturated carbocycles. The Morgan fingerprint density at radius 1 is 1.38 bits per heavy atom. The van der Waals surface area contributed by atoms with Crippen molar-refractivity contribution in [2.45, 2.75) is 25.4 Å². The van der Waals surface area contributed by atoms with Crippen LogP contribution in [0.25, 0.3) is 5.69 Å². The van der Waals surface area contributed by atoms with Gasteiger partial charge in [-0.2, -0.15) is 0 Å². The normalized spacial score (nSPS) is 14.6. The van der Waals surface area contributed by atoms with Gasteiger partial charge in [-0.1, -0.05) is 18.2 Å². The van der Waals surface area contributed by atoms with Crippen molar-refractivity contribution in [1.82, 2.24) is 19.7 Å². The standard InChI is InChI=1S/C14H18N6.HI/c1-19(11-7-8-11)14(15)16-9-13-18-17-10-20(13)12-5-3-2-4-6-12;/h2-6,10-11H,7-9H2,1H3,(H2,15,16);1H. The van der Waals surface area contributed by atoms with Gasteiger partial charge < -0.3 is 10.6 Å². The van der Waals surface area contributed by atoms with Crippen LogP contribution < -0.4 is 5.73 Å². The van der Waals surface area contributed by atoms with Crippen molar-refractivity contribution < 1.29 is 0 Å². The van der Waals surface area contributed by atoms with Crippen LogP contribution in [0.15, 0.2) is 41.7 Å². The molecule has 0 unspecified atom stereocenters. The Kier molecular flexibility index (Phi) is 5.16. The first-order valence-electron chi connectivity index (χ1n) is 6.73. The van der Waals surface area contributed by atoms with E-state index in [0.29, 0.717) is 18.5 Å². The molecule has 0 aliphatic heterocycles. The van der Waals surface area contributed by atoms with Crippen molar-refractivity contribution in [2.75, 3.05) is 7.05 Å². The summed E-state index contributed by atoms with van der Waals surface area (Å²) in [6.07, 6.45) is 4.10. The lowest BCUT2D eigenvalue weighted by atomic mass is 10.3. The number of para-hydroxylation sites is 1. The average molecular weight is 398 g/mol. The number of aromatic nitrogens is 3. The van der Waals surface area contributed by atoms with Crippen molar-refractivity contribution in [2.24, 2.45) is 10.7 Å². The predicted octanol–water partition coefficient (Wildman–Crippen LogP) is 1.79. The summed E-state index contributed by atoms with van der Waals surface area (Å²) in [7, 11) is 1.98. The van der Waals surface area contributed by atoms with Gasteiger partial charge in [-0.15, -0.1) is 34.2 Å². The lowest BCUT2D eigenvalue weighted by Crippen LogP contribution is -2.35. The van der Waals surface area contributed by atoms with Crippen molar-refractivity contribution in [3.63, 3.8) is 0 Å². The molecule has 1 aliphatic carbocycles. The molecule has 1 aromatic carbocycles. The molecule has 0 saturated heterocycles. The molecule has 6 nitrogen and oxygen atoms in total. The second-order valence-electron chi connectivity index (χ2n) is 4.97. The first-order chi connectivity index (χ1) is 9.75. The zero-order valence-corrected chi connectivity index (χ0v) is 14.2.